The van der Waals surface area contributed by atoms with Crippen molar-refractivity contribution in [1.82, 2.24) is 5.48 Å². The molecule has 2 aromatic rings. The van der Waals surface area contributed by atoms with E-state index in [0.717, 1.165) is 0 Å². The van der Waals surface area contributed by atoms with Crippen molar-refractivity contribution < 1.29 is 17.5 Å². The van der Waals surface area contributed by atoms with Crippen molar-refractivity contribution in [1.29, 1.82) is 0 Å². The molecule has 2 rings (SSSR count). The zero-order valence-corrected chi connectivity index (χ0v) is 11.6. The van der Waals surface area contributed by atoms with Crippen LogP contribution in [0, 0.1) is 6.92 Å². The van der Waals surface area contributed by atoms with Crippen molar-refractivity contribution in [3.05, 3.63) is 65.7 Å². The number of aryl methyl sites for hydroxylation is 1. The molecule has 2 aromatic carbocycles. The van der Waals surface area contributed by atoms with Gasteiger partial charge in [0.25, 0.3) is 5.91 Å². The molecule has 6 heteroatoms. The summed E-state index contributed by atoms with van der Waals surface area (Å²) in [6.45, 7) is 1.65. The van der Waals surface area contributed by atoms with Gasteiger partial charge in [0.1, 0.15) is 0 Å². The monoisotopic (exact) mass is 291 g/mol. The van der Waals surface area contributed by atoms with E-state index in [-0.39, 0.29) is 4.90 Å². The largest absolute Gasteiger partial charge is 0.317 e. The first-order valence-electron chi connectivity index (χ1n) is 5.85. The first kappa shape index (κ1) is 14.2. The molecule has 0 unspecified atom stereocenters. The third-order valence-electron chi connectivity index (χ3n) is 2.64. The number of hydrogen-bond donors (Lipinski definition) is 1. The average Bonchev–Trinajstić information content (AvgIpc) is 2.46. The van der Waals surface area contributed by atoms with Gasteiger partial charge >= 0.3 is 10.1 Å². The van der Waals surface area contributed by atoms with Gasteiger partial charge in [-0.25, -0.2) is 5.48 Å². The Balaban J connectivity index is 2.11. The quantitative estimate of drug-likeness (QED) is 0.875. The summed E-state index contributed by atoms with van der Waals surface area (Å²) in [7, 11) is -4.03. The molecule has 20 heavy (non-hydrogen) atoms. The highest BCUT2D eigenvalue weighted by molar-refractivity contribution is 7.86. The van der Waals surface area contributed by atoms with E-state index in [2.05, 4.69) is 4.28 Å². The number of nitrogens with one attached hydrogen (secondary N) is 1. The number of benzene rings is 2. The number of carbonyl (C=O) groups excluding carboxylic acids is 1. The number of carbonyl (C=O) groups is 1. The van der Waals surface area contributed by atoms with Gasteiger partial charge in [-0.3, -0.25) is 4.79 Å². The Labute approximate surface area is 117 Å². The summed E-state index contributed by atoms with van der Waals surface area (Å²) in [6.07, 6.45) is 0. The molecular formula is C14H13NO4S. The van der Waals surface area contributed by atoms with Crippen LogP contribution in [0.15, 0.2) is 59.5 Å². The van der Waals surface area contributed by atoms with Gasteiger partial charge in [-0.1, -0.05) is 36.4 Å². The molecule has 104 valence electrons. The fraction of sp³-hybridized carbons (Fsp3) is 0.0714. The molecule has 0 saturated carbocycles. The second kappa shape index (κ2) is 5.85. The predicted molar refractivity (Wildman–Crippen MR) is 73.4 cm³/mol. The van der Waals surface area contributed by atoms with Crippen LogP contribution >= 0.6 is 0 Å². The fourth-order valence-electron chi connectivity index (χ4n) is 1.62. The highest BCUT2D eigenvalue weighted by atomic mass is 32.2. The van der Waals surface area contributed by atoms with Gasteiger partial charge in [-0.2, -0.15) is 8.42 Å². The van der Waals surface area contributed by atoms with E-state index < -0.39 is 16.0 Å². The highest BCUT2D eigenvalue weighted by Crippen LogP contribution is 2.15. The zero-order valence-electron chi connectivity index (χ0n) is 10.7. The Kier molecular flexibility index (Phi) is 4.16. The molecule has 0 aromatic heterocycles. The summed E-state index contributed by atoms with van der Waals surface area (Å²) in [5.74, 6) is -0.622. The average molecular weight is 291 g/mol. The van der Waals surface area contributed by atoms with E-state index in [1.807, 2.05) is 5.48 Å². The molecule has 0 aliphatic heterocycles. The Hall–Kier alpha value is -2.18. The Morgan fingerprint density at radius 2 is 1.60 bits per heavy atom. The number of rotatable bonds is 4. The molecule has 0 saturated heterocycles. The van der Waals surface area contributed by atoms with Crippen LogP contribution in [0.2, 0.25) is 0 Å². The smallest absolute Gasteiger partial charge is 0.267 e. The van der Waals surface area contributed by atoms with Crippen LogP contribution in [-0.4, -0.2) is 14.3 Å². The van der Waals surface area contributed by atoms with Gasteiger partial charge in [0.2, 0.25) is 0 Å². The van der Waals surface area contributed by atoms with Gasteiger partial charge in [0, 0.05) is 5.56 Å². The van der Waals surface area contributed by atoms with Crippen molar-refractivity contribution in [3.63, 3.8) is 0 Å². The van der Waals surface area contributed by atoms with Crippen LogP contribution < -0.4 is 5.48 Å². The van der Waals surface area contributed by atoms with Crippen molar-refractivity contribution in [2.75, 3.05) is 0 Å². The normalized spacial score (nSPS) is 11.1. The van der Waals surface area contributed by atoms with E-state index in [4.69, 9.17) is 0 Å². The molecule has 5 nitrogen and oxygen atoms in total. The molecule has 0 radical (unpaired) electrons. The third kappa shape index (κ3) is 3.23. The molecule has 1 amide bonds. The van der Waals surface area contributed by atoms with Gasteiger partial charge < -0.3 is 0 Å². The third-order valence-corrected chi connectivity index (χ3v) is 3.94. The zero-order chi connectivity index (χ0) is 14.6. The highest BCUT2D eigenvalue weighted by Gasteiger charge is 2.19. The predicted octanol–water partition coefficient (Wildman–Crippen LogP) is 2.05. The summed E-state index contributed by atoms with van der Waals surface area (Å²) in [5.41, 5.74) is 2.79. The second-order valence-corrected chi connectivity index (χ2v) is 5.61. The minimum atomic E-state index is -4.03. The lowest BCUT2D eigenvalue weighted by atomic mass is 10.2. The summed E-state index contributed by atoms with van der Waals surface area (Å²) in [6, 6.07) is 14.6. The Morgan fingerprint density at radius 1 is 1.00 bits per heavy atom. The lowest BCUT2D eigenvalue weighted by molar-refractivity contribution is 0.0770. The van der Waals surface area contributed by atoms with Crippen molar-refractivity contribution >= 4 is 16.0 Å². The van der Waals surface area contributed by atoms with E-state index in [1.165, 1.54) is 6.07 Å². The Bertz CT molecular complexity index is 711. The molecule has 0 heterocycles. The molecule has 1 N–H and O–H groups in total. The van der Waals surface area contributed by atoms with E-state index in [0.29, 0.717) is 11.1 Å². The summed E-state index contributed by atoms with van der Waals surface area (Å²) in [5, 5.41) is 0. The van der Waals surface area contributed by atoms with Crippen LogP contribution in [0.1, 0.15) is 15.9 Å². The van der Waals surface area contributed by atoms with Crippen LogP contribution in [0.25, 0.3) is 0 Å². The van der Waals surface area contributed by atoms with Crippen molar-refractivity contribution in [2.45, 2.75) is 11.8 Å². The number of hydrogen-bond acceptors (Lipinski definition) is 4. The SMILES string of the molecule is Cc1ccccc1S(=O)(=O)ONC(=O)c1ccccc1. The molecule has 0 spiro atoms. The van der Waals surface area contributed by atoms with Crippen molar-refractivity contribution in [2.24, 2.45) is 0 Å². The van der Waals surface area contributed by atoms with Gasteiger partial charge in [-0.15, -0.1) is 4.28 Å². The summed E-state index contributed by atoms with van der Waals surface area (Å²) < 4.78 is 28.5. The molecule has 0 aliphatic carbocycles. The molecular weight excluding hydrogens is 278 g/mol. The van der Waals surface area contributed by atoms with Crippen LogP contribution in [0.4, 0.5) is 0 Å². The minimum absolute atomic E-state index is 0.0216. The van der Waals surface area contributed by atoms with Gasteiger partial charge in [0.05, 0.1) is 4.90 Å². The maximum atomic E-state index is 12.0. The standard InChI is InChI=1S/C14H13NO4S/c1-11-7-5-6-10-13(11)20(17,18)19-15-14(16)12-8-3-2-4-9-12/h2-10H,1H3,(H,15,16). The molecule has 0 fully saturated rings. The van der Waals surface area contributed by atoms with Crippen LogP contribution in [0.3, 0.4) is 0 Å². The maximum absolute atomic E-state index is 12.0. The minimum Gasteiger partial charge on any atom is -0.267 e. The number of amides is 1. The summed E-state index contributed by atoms with van der Waals surface area (Å²) in [4.78, 5) is 11.7. The topological polar surface area (TPSA) is 72.5 Å². The molecule has 0 bridgehead atoms. The van der Waals surface area contributed by atoms with Crippen molar-refractivity contribution in [3.8, 4) is 0 Å². The van der Waals surface area contributed by atoms with E-state index in [9.17, 15) is 13.2 Å². The van der Waals surface area contributed by atoms with Gasteiger partial charge in [0.15, 0.2) is 0 Å². The fourth-order valence-corrected chi connectivity index (χ4v) is 2.61. The second-order valence-electron chi connectivity index (χ2n) is 4.10. The van der Waals surface area contributed by atoms with E-state index >= 15 is 0 Å². The first-order valence-corrected chi connectivity index (χ1v) is 7.26. The van der Waals surface area contributed by atoms with Crippen LogP contribution in [-0.2, 0) is 14.4 Å². The lowest BCUT2D eigenvalue weighted by Gasteiger charge is -2.08. The van der Waals surface area contributed by atoms with Gasteiger partial charge in [-0.05, 0) is 30.7 Å². The first-order chi connectivity index (χ1) is 9.50. The lowest BCUT2D eigenvalue weighted by Crippen LogP contribution is -2.27. The maximum Gasteiger partial charge on any atom is 0.317 e. The van der Waals surface area contributed by atoms with Crippen LogP contribution in [0.5, 0.6) is 0 Å². The molecule has 0 atom stereocenters. The number of hydroxylamine groups is 1. The van der Waals surface area contributed by atoms with E-state index in [1.54, 1.807) is 55.5 Å². The molecule has 0 aliphatic rings. The Morgan fingerprint density at radius 3 is 2.25 bits per heavy atom. The summed E-state index contributed by atoms with van der Waals surface area (Å²) >= 11 is 0.